The van der Waals surface area contributed by atoms with Gasteiger partial charge in [0.2, 0.25) is 5.82 Å². The summed E-state index contributed by atoms with van der Waals surface area (Å²) < 4.78 is 19.6. The zero-order valence-corrected chi connectivity index (χ0v) is 12.5. The van der Waals surface area contributed by atoms with E-state index in [1.807, 2.05) is 0 Å². The van der Waals surface area contributed by atoms with Crippen molar-refractivity contribution < 1.29 is 19.3 Å². The summed E-state index contributed by atoms with van der Waals surface area (Å²) in [5.41, 5.74) is -2.16. The van der Waals surface area contributed by atoms with Gasteiger partial charge in [-0.3, -0.25) is 14.3 Å². The smallest absolute Gasteiger partial charge is 0.330 e. The van der Waals surface area contributed by atoms with E-state index in [1.165, 1.54) is 13.8 Å². The summed E-state index contributed by atoms with van der Waals surface area (Å²) >= 11 is 6.29. The van der Waals surface area contributed by atoms with Crippen LogP contribution in [0, 0.1) is 17.7 Å². The molecule has 2 heterocycles. The molecule has 1 fully saturated rings. The van der Waals surface area contributed by atoms with E-state index < -0.39 is 46.5 Å². The van der Waals surface area contributed by atoms with Crippen LogP contribution in [0.25, 0.3) is 0 Å². The summed E-state index contributed by atoms with van der Waals surface area (Å²) in [6.07, 6.45) is -4.45. The SMILES string of the molecule is CC#CC1(Cl)C(O)[C@@H]([C@@H](C)O)O[C@H]1n1cc(F)c(=O)[nH]c1=O. The lowest BCUT2D eigenvalue weighted by Gasteiger charge is -2.25. The van der Waals surface area contributed by atoms with Gasteiger partial charge >= 0.3 is 5.69 Å². The fraction of sp³-hybridized carbons (Fsp3) is 0.538. The van der Waals surface area contributed by atoms with E-state index >= 15 is 0 Å². The van der Waals surface area contributed by atoms with E-state index in [0.29, 0.717) is 10.8 Å². The zero-order valence-electron chi connectivity index (χ0n) is 11.7. The first-order chi connectivity index (χ1) is 10.2. The van der Waals surface area contributed by atoms with Gasteiger partial charge in [0.15, 0.2) is 11.1 Å². The van der Waals surface area contributed by atoms with Crippen LogP contribution < -0.4 is 11.2 Å². The summed E-state index contributed by atoms with van der Waals surface area (Å²) in [6.45, 7) is 2.82. The van der Waals surface area contributed by atoms with Crippen molar-refractivity contribution >= 4 is 11.6 Å². The molecule has 1 aromatic rings. The van der Waals surface area contributed by atoms with Crippen molar-refractivity contribution in [3.8, 4) is 11.8 Å². The highest BCUT2D eigenvalue weighted by Crippen LogP contribution is 2.43. The van der Waals surface area contributed by atoms with Crippen LogP contribution in [0.2, 0.25) is 0 Å². The van der Waals surface area contributed by atoms with Gasteiger partial charge in [-0.05, 0) is 13.8 Å². The van der Waals surface area contributed by atoms with Crippen LogP contribution in [0.1, 0.15) is 20.1 Å². The van der Waals surface area contributed by atoms with E-state index in [9.17, 15) is 24.2 Å². The molecule has 0 radical (unpaired) electrons. The third-order valence-electron chi connectivity index (χ3n) is 3.36. The molecule has 3 N–H and O–H groups in total. The quantitative estimate of drug-likeness (QED) is 0.491. The molecule has 22 heavy (non-hydrogen) atoms. The van der Waals surface area contributed by atoms with Crippen molar-refractivity contribution in [2.45, 2.75) is 43.3 Å². The Hall–Kier alpha value is -1.66. The Morgan fingerprint density at radius 2 is 2.23 bits per heavy atom. The lowest BCUT2D eigenvalue weighted by molar-refractivity contribution is -0.0775. The Kier molecular flexibility index (Phi) is 4.44. The topological polar surface area (TPSA) is 105 Å². The predicted octanol–water partition coefficient (Wildman–Crippen LogP) is -0.684. The summed E-state index contributed by atoms with van der Waals surface area (Å²) in [4.78, 5) is 22.9. The lowest BCUT2D eigenvalue weighted by Crippen LogP contribution is -2.45. The number of nitrogens with zero attached hydrogens (tertiary/aromatic N) is 1. The Labute approximate surface area is 129 Å². The normalized spacial score (nSPS) is 32.4. The number of hydrogen-bond donors (Lipinski definition) is 3. The molecule has 0 bridgehead atoms. The Bertz CT molecular complexity index is 749. The predicted molar refractivity (Wildman–Crippen MR) is 74.9 cm³/mol. The number of rotatable bonds is 2. The first kappa shape index (κ1) is 16.7. The van der Waals surface area contributed by atoms with Crippen LogP contribution in [-0.4, -0.2) is 43.0 Å². The molecule has 1 aliphatic heterocycles. The minimum atomic E-state index is -1.79. The molecule has 2 rings (SSSR count). The van der Waals surface area contributed by atoms with Gasteiger partial charge in [0, 0.05) is 0 Å². The average molecular weight is 333 g/mol. The first-order valence-electron chi connectivity index (χ1n) is 6.37. The number of alkyl halides is 1. The Morgan fingerprint density at radius 3 is 2.77 bits per heavy atom. The Balaban J connectivity index is 2.61. The van der Waals surface area contributed by atoms with Crippen LogP contribution in [0.3, 0.4) is 0 Å². The minimum absolute atomic E-state index is 0.622. The van der Waals surface area contributed by atoms with E-state index in [2.05, 4.69) is 11.8 Å². The van der Waals surface area contributed by atoms with Gasteiger partial charge in [-0.2, -0.15) is 4.39 Å². The second-order valence-electron chi connectivity index (χ2n) is 4.93. The number of halogens is 2. The number of aliphatic hydroxyl groups excluding tert-OH is 2. The van der Waals surface area contributed by atoms with Gasteiger partial charge in [-0.1, -0.05) is 17.5 Å². The van der Waals surface area contributed by atoms with Gasteiger partial charge in [0.25, 0.3) is 5.56 Å². The molecule has 120 valence electrons. The molecule has 0 spiro atoms. The fourth-order valence-electron chi connectivity index (χ4n) is 2.32. The molecule has 1 aliphatic rings. The molecule has 5 atom stereocenters. The first-order valence-corrected chi connectivity index (χ1v) is 6.75. The summed E-state index contributed by atoms with van der Waals surface area (Å²) in [5, 5.41) is 19.9. The fourth-order valence-corrected chi connectivity index (χ4v) is 2.69. The van der Waals surface area contributed by atoms with E-state index in [1.54, 1.807) is 4.98 Å². The summed E-state index contributed by atoms with van der Waals surface area (Å²) in [7, 11) is 0. The summed E-state index contributed by atoms with van der Waals surface area (Å²) in [5.74, 6) is 3.80. The molecule has 0 aromatic carbocycles. The van der Waals surface area contributed by atoms with E-state index in [4.69, 9.17) is 16.3 Å². The maximum absolute atomic E-state index is 13.5. The lowest BCUT2D eigenvalue weighted by atomic mass is 9.96. The molecule has 7 nitrogen and oxygen atoms in total. The van der Waals surface area contributed by atoms with E-state index in [0.717, 1.165) is 0 Å². The molecule has 2 unspecified atom stereocenters. The largest absolute Gasteiger partial charge is 0.391 e. The molecule has 1 saturated heterocycles. The van der Waals surface area contributed by atoms with Crippen LogP contribution in [0.15, 0.2) is 15.8 Å². The Morgan fingerprint density at radius 1 is 1.59 bits per heavy atom. The highest BCUT2D eigenvalue weighted by atomic mass is 35.5. The monoisotopic (exact) mass is 332 g/mol. The minimum Gasteiger partial charge on any atom is -0.391 e. The zero-order chi connectivity index (χ0) is 16.7. The standard InChI is InChI=1S/C13H14ClFN2O5/c1-3-4-13(14)9(19)8(6(2)18)22-11(13)17-5-7(15)10(20)16-12(17)21/h5-6,8-9,11,18-19H,1-2H3,(H,16,20,21)/t6-,8-,9?,11-,13?/m1/s1. The van der Waals surface area contributed by atoms with Crippen molar-refractivity contribution in [3.05, 3.63) is 32.9 Å². The van der Waals surface area contributed by atoms with Crippen LogP contribution >= 0.6 is 11.6 Å². The average Bonchev–Trinajstić information content (AvgIpc) is 2.68. The molecule has 0 aliphatic carbocycles. The number of aromatic amines is 1. The van der Waals surface area contributed by atoms with Gasteiger partial charge < -0.3 is 14.9 Å². The van der Waals surface area contributed by atoms with Crippen LogP contribution in [0.4, 0.5) is 4.39 Å². The third-order valence-corrected chi connectivity index (χ3v) is 3.86. The number of H-pyrrole nitrogens is 1. The van der Waals surface area contributed by atoms with Gasteiger partial charge in [-0.25, -0.2) is 4.79 Å². The maximum atomic E-state index is 13.5. The molecule has 0 saturated carbocycles. The maximum Gasteiger partial charge on any atom is 0.330 e. The molecule has 9 heteroatoms. The molecular weight excluding hydrogens is 319 g/mol. The van der Waals surface area contributed by atoms with Crippen LogP contribution in [-0.2, 0) is 4.74 Å². The van der Waals surface area contributed by atoms with Gasteiger partial charge in [-0.15, -0.1) is 5.92 Å². The van der Waals surface area contributed by atoms with E-state index in [-0.39, 0.29) is 0 Å². The number of aromatic nitrogens is 2. The molecule has 1 aromatic heterocycles. The molecule has 0 amide bonds. The van der Waals surface area contributed by atoms with Crippen molar-refractivity contribution in [2.75, 3.05) is 0 Å². The van der Waals surface area contributed by atoms with Gasteiger partial charge in [0.05, 0.1) is 12.3 Å². The van der Waals surface area contributed by atoms with Crippen LogP contribution in [0.5, 0.6) is 0 Å². The second-order valence-corrected chi connectivity index (χ2v) is 5.55. The number of aliphatic hydroxyl groups is 2. The van der Waals surface area contributed by atoms with Crippen molar-refractivity contribution in [3.63, 3.8) is 0 Å². The van der Waals surface area contributed by atoms with Gasteiger partial charge in [0.1, 0.15) is 12.2 Å². The van der Waals surface area contributed by atoms with Crippen molar-refractivity contribution in [1.29, 1.82) is 0 Å². The highest BCUT2D eigenvalue weighted by Gasteiger charge is 2.57. The third kappa shape index (κ3) is 2.57. The second kappa shape index (κ2) is 5.85. The number of nitrogens with one attached hydrogen (secondary N) is 1. The highest BCUT2D eigenvalue weighted by molar-refractivity contribution is 6.27. The summed E-state index contributed by atoms with van der Waals surface area (Å²) in [6, 6.07) is 0. The van der Waals surface area contributed by atoms with Crippen molar-refractivity contribution in [2.24, 2.45) is 0 Å². The number of ether oxygens (including phenoxy) is 1. The molecular formula is C13H14ClFN2O5. The van der Waals surface area contributed by atoms with Crippen molar-refractivity contribution in [1.82, 2.24) is 9.55 Å². The number of hydrogen-bond acceptors (Lipinski definition) is 5.